The van der Waals surface area contributed by atoms with Gasteiger partial charge in [0.15, 0.2) is 0 Å². The van der Waals surface area contributed by atoms with Gasteiger partial charge >= 0.3 is 0 Å². The number of halogens is 1. The van der Waals surface area contributed by atoms with Gasteiger partial charge in [-0.1, -0.05) is 0 Å². The molecule has 0 bridgehead atoms. The molecule has 1 fully saturated rings. The Morgan fingerprint density at radius 3 is 2.28 bits per heavy atom. The molecule has 1 aromatic heterocycles. The number of aromatic nitrogens is 1. The Hall–Kier alpha value is -1.43. The zero-order valence-electron chi connectivity index (χ0n) is 10.1. The number of piperazine rings is 1. The van der Waals surface area contributed by atoms with Crippen LogP contribution in [0.2, 0.25) is 0 Å². The van der Waals surface area contributed by atoms with E-state index in [1.165, 1.54) is 0 Å². The summed E-state index contributed by atoms with van der Waals surface area (Å²) < 4.78 is 0.848. The number of carbonyl (C=O) groups excluding carboxylic acids is 2. The molecule has 0 aliphatic carbocycles. The van der Waals surface area contributed by atoms with Crippen molar-refractivity contribution in [1.82, 2.24) is 14.8 Å². The van der Waals surface area contributed by atoms with Crippen molar-refractivity contribution in [2.24, 2.45) is 0 Å². The van der Waals surface area contributed by atoms with E-state index in [1.807, 2.05) is 0 Å². The molecule has 0 N–H and O–H groups in total. The molecular formula is C12H14BrN3O2. The highest BCUT2D eigenvalue weighted by Crippen LogP contribution is 2.11. The second-order valence-electron chi connectivity index (χ2n) is 4.16. The van der Waals surface area contributed by atoms with Crippen LogP contribution in [0.25, 0.3) is 0 Å². The fourth-order valence-electron chi connectivity index (χ4n) is 1.89. The second kappa shape index (κ2) is 5.48. The van der Waals surface area contributed by atoms with E-state index in [9.17, 15) is 9.59 Å². The SMILES string of the molecule is CC(=O)N1CCN(C(=O)c2ccc(Br)cn2)CC1. The first-order chi connectivity index (χ1) is 8.58. The summed E-state index contributed by atoms with van der Waals surface area (Å²) in [6, 6.07) is 3.50. The molecule has 2 amide bonds. The van der Waals surface area contributed by atoms with Gasteiger partial charge in [-0.25, -0.2) is 4.98 Å². The molecule has 2 heterocycles. The van der Waals surface area contributed by atoms with E-state index in [0.29, 0.717) is 31.9 Å². The van der Waals surface area contributed by atoms with Crippen LogP contribution < -0.4 is 0 Å². The summed E-state index contributed by atoms with van der Waals surface area (Å²) in [5, 5.41) is 0. The van der Waals surface area contributed by atoms with Gasteiger partial charge in [-0.05, 0) is 28.1 Å². The van der Waals surface area contributed by atoms with Crippen LogP contribution in [0, 0.1) is 0 Å². The Bertz CT molecular complexity index is 453. The lowest BCUT2D eigenvalue weighted by molar-refractivity contribution is -0.130. The molecule has 1 saturated heterocycles. The fraction of sp³-hybridized carbons (Fsp3) is 0.417. The van der Waals surface area contributed by atoms with Crippen molar-refractivity contribution in [1.29, 1.82) is 0 Å². The summed E-state index contributed by atoms with van der Waals surface area (Å²) in [7, 11) is 0. The van der Waals surface area contributed by atoms with Crippen LogP contribution in [-0.2, 0) is 4.79 Å². The van der Waals surface area contributed by atoms with Crippen LogP contribution in [0.4, 0.5) is 0 Å². The molecule has 96 valence electrons. The summed E-state index contributed by atoms with van der Waals surface area (Å²) >= 11 is 3.28. The standard InChI is InChI=1S/C12H14BrN3O2/c1-9(17)15-4-6-16(7-5-15)12(18)11-3-2-10(13)8-14-11/h2-3,8H,4-7H2,1H3. The zero-order valence-corrected chi connectivity index (χ0v) is 11.7. The Balaban J connectivity index is 1.99. The number of rotatable bonds is 1. The molecule has 1 aliphatic heterocycles. The predicted octanol–water partition coefficient (Wildman–Crippen LogP) is 1.15. The third kappa shape index (κ3) is 2.87. The summed E-state index contributed by atoms with van der Waals surface area (Å²) in [4.78, 5) is 30.9. The van der Waals surface area contributed by atoms with Crippen molar-refractivity contribution >= 4 is 27.7 Å². The molecule has 0 saturated carbocycles. The van der Waals surface area contributed by atoms with E-state index in [-0.39, 0.29) is 11.8 Å². The first-order valence-electron chi connectivity index (χ1n) is 5.74. The zero-order chi connectivity index (χ0) is 13.1. The Kier molecular flexibility index (Phi) is 3.96. The lowest BCUT2D eigenvalue weighted by Gasteiger charge is -2.34. The van der Waals surface area contributed by atoms with Crippen LogP contribution in [0.15, 0.2) is 22.8 Å². The van der Waals surface area contributed by atoms with E-state index >= 15 is 0 Å². The molecule has 2 rings (SSSR count). The highest BCUT2D eigenvalue weighted by Gasteiger charge is 2.23. The number of hydrogen-bond donors (Lipinski definition) is 0. The van der Waals surface area contributed by atoms with Crippen molar-refractivity contribution < 1.29 is 9.59 Å². The van der Waals surface area contributed by atoms with Gasteiger partial charge in [0.05, 0.1) is 0 Å². The maximum atomic E-state index is 12.1. The molecule has 0 aromatic carbocycles. The van der Waals surface area contributed by atoms with E-state index in [2.05, 4.69) is 20.9 Å². The Morgan fingerprint density at radius 1 is 1.17 bits per heavy atom. The summed E-state index contributed by atoms with van der Waals surface area (Å²) in [5.74, 6) is -0.0189. The number of amides is 2. The van der Waals surface area contributed by atoms with Gasteiger partial charge in [0.2, 0.25) is 5.91 Å². The normalized spacial score (nSPS) is 15.7. The van der Waals surface area contributed by atoms with E-state index < -0.39 is 0 Å². The molecule has 18 heavy (non-hydrogen) atoms. The third-order valence-corrected chi connectivity index (χ3v) is 3.43. The highest BCUT2D eigenvalue weighted by atomic mass is 79.9. The molecule has 6 heteroatoms. The maximum Gasteiger partial charge on any atom is 0.272 e. The fourth-order valence-corrected chi connectivity index (χ4v) is 2.12. The average Bonchev–Trinajstić information content (AvgIpc) is 2.39. The minimum atomic E-state index is -0.0781. The maximum absolute atomic E-state index is 12.1. The predicted molar refractivity (Wildman–Crippen MR) is 70.1 cm³/mol. The van der Waals surface area contributed by atoms with Gasteiger partial charge in [0.1, 0.15) is 5.69 Å². The molecule has 1 aliphatic rings. The van der Waals surface area contributed by atoms with Crippen LogP contribution >= 0.6 is 15.9 Å². The van der Waals surface area contributed by atoms with Gasteiger partial charge in [-0.15, -0.1) is 0 Å². The second-order valence-corrected chi connectivity index (χ2v) is 5.08. The lowest BCUT2D eigenvalue weighted by Crippen LogP contribution is -2.50. The first-order valence-corrected chi connectivity index (χ1v) is 6.53. The number of pyridine rings is 1. The molecule has 0 radical (unpaired) electrons. The van der Waals surface area contributed by atoms with Gasteiger partial charge in [0, 0.05) is 43.8 Å². The third-order valence-electron chi connectivity index (χ3n) is 2.96. The van der Waals surface area contributed by atoms with Crippen LogP contribution in [0.5, 0.6) is 0 Å². The van der Waals surface area contributed by atoms with Gasteiger partial charge in [-0.3, -0.25) is 9.59 Å². The van der Waals surface area contributed by atoms with Gasteiger partial charge in [0.25, 0.3) is 5.91 Å². The van der Waals surface area contributed by atoms with Crippen LogP contribution in [0.3, 0.4) is 0 Å². The van der Waals surface area contributed by atoms with Crippen LogP contribution in [-0.4, -0.2) is 52.8 Å². The monoisotopic (exact) mass is 311 g/mol. The van der Waals surface area contributed by atoms with Crippen molar-refractivity contribution in [3.8, 4) is 0 Å². The Morgan fingerprint density at radius 2 is 1.78 bits per heavy atom. The summed E-state index contributed by atoms with van der Waals surface area (Å²) in [6.45, 7) is 3.87. The molecule has 1 aromatic rings. The smallest absolute Gasteiger partial charge is 0.272 e. The van der Waals surface area contributed by atoms with Crippen molar-refractivity contribution in [3.63, 3.8) is 0 Å². The minimum Gasteiger partial charge on any atom is -0.339 e. The largest absolute Gasteiger partial charge is 0.339 e. The van der Waals surface area contributed by atoms with E-state index in [4.69, 9.17) is 0 Å². The molecule has 5 nitrogen and oxygen atoms in total. The van der Waals surface area contributed by atoms with Crippen molar-refractivity contribution in [3.05, 3.63) is 28.5 Å². The Labute approximate surface area is 114 Å². The first kappa shape index (κ1) is 13.0. The van der Waals surface area contributed by atoms with Crippen LogP contribution in [0.1, 0.15) is 17.4 Å². The molecule has 0 unspecified atom stereocenters. The number of hydrogen-bond acceptors (Lipinski definition) is 3. The topological polar surface area (TPSA) is 53.5 Å². The number of nitrogens with zero attached hydrogens (tertiary/aromatic N) is 3. The summed E-state index contributed by atoms with van der Waals surface area (Å²) in [6.07, 6.45) is 1.61. The van der Waals surface area contributed by atoms with Gasteiger partial charge < -0.3 is 9.80 Å². The summed E-state index contributed by atoms with van der Waals surface area (Å²) in [5.41, 5.74) is 0.439. The van der Waals surface area contributed by atoms with Gasteiger partial charge in [-0.2, -0.15) is 0 Å². The quantitative estimate of drug-likeness (QED) is 0.782. The lowest BCUT2D eigenvalue weighted by atomic mass is 10.2. The molecular weight excluding hydrogens is 298 g/mol. The molecule has 0 spiro atoms. The average molecular weight is 312 g/mol. The number of carbonyl (C=O) groups is 2. The van der Waals surface area contributed by atoms with Crippen molar-refractivity contribution in [2.75, 3.05) is 26.2 Å². The minimum absolute atomic E-state index is 0.0591. The van der Waals surface area contributed by atoms with E-state index in [1.54, 1.807) is 35.1 Å². The van der Waals surface area contributed by atoms with Crippen molar-refractivity contribution in [2.45, 2.75) is 6.92 Å². The highest BCUT2D eigenvalue weighted by molar-refractivity contribution is 9.10. The molecule has 0 atom stereocenters. The van der Waals surface area contributed by atoms with E-state index in [0.717, 1.165) is 4.47 Å².